The van der Waals surface area contributed by atoms with E-state index in [-0.39, 0.29) is 0 Å². The van der Waals surface area contributed by atoms with Gasteiger partial charge in [0, 0.05) is 0 Å². The van der Waals surface area contributed by atoms with Gasteiger partial charge in [-0.2, -0.15) is 5.10 Å². The average molecular weight is 280 g/mol. The lowest BCUT2D eigenvalue weighted by Gasteiger charge is -2.02. The number of hydrogen-bond donors (Lipinski definition) is 1. The molecule has 1 N–H and O–H groups in total. The van der Waals surface area contributed by atoms with Gasteiger partial charge < -0.3 is 4.74 Å². The van der Waals surface area contributed by atoms with Crippen LogP contribution in [0.1, 0.15) is 18.9 Å². The number of benzene rings is 2. The molecule has 2 rings (SSSR count). The molecule has 0 bridgehead atoms. The van der Waals surface area contributed by atoms with Crippen molar-refractivity contribution in [1.82, 2.24) is 0 Å². The van der Waals surface area contributed by atoms with Crippen LogP contribution in [-0.2, 0) is 0 Å². The molecule has 21 heavy (non-hydrogen) atoms. The Hall–Kier alpha value is -2.55. The summed E-state index contributed by atoms with van der Waals surface area (Å²) in [5, 5.41) is 4.42. The highest BCUT2D eigenvalue weighted by molar-refractivity contribution is 5.98. The number of hydrogen-bond acceptors (Lipinski definition) is 3. The molecule has 0 atom stereocenters. The molecular formula is C18H20N2O. The maximum absolute atomic E-state index is 5.15. The van der Waals surface area contributed by atoms with Crippen molar-refractivity contribution in [3.8, 4) is 5.75 Å². The fourth-order valence-electron chi connectivity index (χ4n) is 1.79. The summed E-state index contributed by atoms with van der Waals surface area (Å²) < 4.78 is 5.15. The van der Waals surface area contributed by atoms with Crippen LogP contribution < -0.4 is 10.2 Å². The average Bonchev–Trinajstić information content (AvgIpc) is 2.56. The molecule has 0 spiro atoms. The van der Waals surface area contributed by atoms with Crippen LogP contribution in [0.15, 0.2) is 65.8 Å². The lowest BCUT2D eigenvalue weighted by molar-refractivity contribution is 0.415. The zero-order valence-electron chi connectivity index (χ0n) is 12.4. The molecule has 108 valence electrons. The number of rotatable bonds is 6. The molecule has 0 aliphatic carbocycles. The number of ether oxygens (including phenoxy) is 1. The topological polar surface area (TPSA) is 33.6 Å². The molecule has 0 fully saturated rings. The molecule has 3 nitrogen and oxygen atoms in total. The number of allylic oxidation sites excluding steroid dienone is 1. The smallest absolute Gasteiger partial charge is 0.118 e. The van der Waals surface area contributed by atoms with Crippen LogP contribution in [0.4, 0.5) is 5.69 Å². The number of anilines is 1. The summed E-state index contributed by atoms with van der Waals surface area (Å²) in [6.45, 7) is 2.09. The Morgan fingerprint density at radius 2 is 1.81 bits per heavy atom. The summed E-state index contributed by atoms with van der Waals surface area (Å²) in [7, 11) is 1.67. The lowest BCUT2D eigenvalue weighted by Crippen LogP contribution is -1.97. The first-order chi connectivity index (χ1) is 10.3. The van der Waals surface area contributed by atoms with E-state index in [0.29, 0.717) is 0 Å². The van der Waals surface area contributed by atoms with Crippen LogP contribution >= 0.6 is 0 Å². The SMILES string of the molecule is CCC(C=Cc1ccc(OC)cc1)=NNc1ccccc1. The van der Waals surface area contributed by atoms with E-state index in [2.05, 4.69) is 23.5 Å². The molecule has 0 amide bonds. The standard InChI is InChI=1S/C18H20N2O/c1-3-16(19-20-17-7-5-4-6-8-17)12-9-15-10-13-18(21-2)14-11-15/h4-14,20H,3H2,1-2H3. The molecule has 2 aromatic rings. The molecule has 0 aliphatic heterocycles. The monoisotopic (exact) mass is 280 g/mol. The van der Waals surface area contributed by atoms with Crippen molar-refractivity contribution in [2.75, 3.05) is 12.5 Å². The molecular weight excluding hydrogens is 260 g/mol. The van der Waals surface area contributed by atoms with Crippen LogP contribution in [0.5, 0.6) is 5.75 Å². The van der Waals surface area contributed by atoms with Gasteiger partial charge in [0.05, 0.1) is 18.5 Å². The van der Waals surface area contributed by atoms with Crippen LogP contribution in [0.3, 0.4) is 0 Å². The third-order valence-electron chi connectivity index (χ3n) is 3.05. The van der Waals surface area contributed by atoms with Gasteiger partial charge in [-0.05, 0) is 42.3 Å². The highest BCUT2D eigenvalue weighted by atomic mass is 16.5. The molecule has 0 saturated carbocycles. The fourth-order valence-corrected chi connectivity index (χ4v) is 1.79. The summed E-state index contributed by atoms with van der Waals surface area (Å²) in [5.74, 6) is 0.863. The van der Waals surface area contributed by atoms with Gasteiger partial charge in [0.15, 0.2) is 0 Å². The summed E-state index contributed by atoms with van der Waals surface area (Å²) in [4.78, 5) is 0. The van der Waals surface area contributed by atoms with E-state index < -0.39 is 0 Å². The summed E-state index contributed by atoms with van der Waals surface area (Å²) in [6.07, 6.45) is 4.94. The van der Waals surface area contributed by atoms with Crippen LogP contribution in [0.2, 0.25) is 0 Å². The number of hydrazone groups is 1. The minimum Gasteiger partial charge on any atom is -0.497 e. The largest absolute Gasteiger partial charge is 0.497 e. The quantitative estimate of drug-likeness (QED) is 0.620. The minimum atomic E-state index is 0.863. The highest BCUT2D eigenvalue weighted by Gasteiger charge is 1.93. The molecule has 0 aliphatic rings. The second-order valence-electron chi connectivity index (χ2n) is 4.54. The van der Waals surface area contributed by atoms with Crippen molar-refractivity contribution >= 4 is 17.5 Å². The van der Waals surface area contributed by atoms with Crippen LogP contribution in [0, 0.1) is 0 Å². The zero-order valence-corrected chi connectivity index (χ0v) is 12.4. The first-order valence-electron chi connectivity index (χ1n) is 7.01. The molecule has 0 radical (unpaired) electrons. The van der Waals surface area contributed by atoms with Crippen molar-refractivity contribution in [2.45, 2.75) is 13.3 Å². The molecule has 2 aromatic carbocycles. The second kappa shape index (κ2) is 7.90. The van der Waals surface area contributed by atoms with E-state index in [9.17, 15) is 0 Å². The summed E-state index contributed by atoms with van der Waals surface area (Å²) in [6, 6.07) is 17.9. The Balaban J connectivity index is 2.01. The molecule has 0 unspecified atom stereocenters. The van der Waals surface area contributed by atoms with E-state index in [1.165, 1.54) is 0 Å². The Morgan fingerprint density at radius 3 is 2.43 bits per heavy atom. The van der Waals surface area contributed by atoms with E-state index >= 15 is 0 Å². The summed E-state index contributed by atoms with van der Waals surface area (Å²) >= 11 is 0. The summed E-state index contributed by atoms with van der Waals surface area (Å²) in [5.41, 5.74) is 6.17. The van der Waals surface area contributed by atoms with E-state index in [4.69, 9.17) is 4.74 Å². The molecule has 3 heteroatoms. The molecule has 0 saturated heterocycles. The predicted molar refractivity (Wildman–Crippen MR) is 89.8 cm³/mol. The van der Waals surface area contributed by atoms with Gasteiger partial charge in [-0.1, -0.05) is 43.3 Å². The lowest BCUT2D eigenvalue weighted by atomic mass is 10.1. The maximum atomic E-state index is 5.15. The second-order valence-corrected chi connectivity index (χ2v) is 4.54. The molecule has 0 heterocycles. The number of para-hydroxylation sites is 1. The normalized spacial score (nSPS) is 11.6. The van der Waals surface area contributed by atoms with Crippen molar-refractivity contribution in [1.29, 1.82) is 0 Å². The zero-order chi connectivity index (χ0) is 14.9. The first-order valence-corrected chi connectivity index (χ1v) is 7.01. The van der Waals surface area contributed by atoms with E-state index in [0.717, 1.165) is 29.1 Å². The van der Waals surface area contributed by atoms with Crippen molar-refractivity contribution in [3.05, 3.63) is 66.2 Å². The van der Waals surface area contributed by atoms with Gasteiger partial charge in [0.1, 0.15) is 5.75 Å². The van der Waals surface area contributed by atoms with Gasteiger partial charge in [-0.15, -0.1) is 0 Å². The third kappa shape index (κ3) is 4.80. The van der Waals surface area contributed by atoms with Gasteiger partial charge in [-0.3, -0.25) is 5.43 Å². The highest BCUT2D eigenvalue weighted by Crippen LogP contribution is 2.12. The van der Waals surface area contributed by atoms with Crippen molar-refractivity contribution in [3.63, 3.8) is 0 Å². The molecule has 0 aromatic heterocycles. The first kappa shape index (κ1) is 14.9. The Labute approximate surface area is 126 Å². The Morgan fingerprint density at radius 1 is 1.10 bits per heavy atom. The Bertz CT molecular complexity index is 601. The fraction of sp³-hybridized carbons (Fsp3) is 0.167. The van der Waals surface area contributed by atoms with Gasteiger partial charge in [0.2, 0.25) is 0 Å². The van der Waals surface area contributed by atoms with E-state index in [1.807, 2.05) is 60.7 Å². The van der Waals surface area contributed by atoms with Gasteiger partial charge in [-0.25, -0.2) is 0 Å². The van der Waals surface area contributed by atoms with Crippen LogP contribution in [0.25, 0.3) is 6.08 Å². The number of nitrogens with zero attached hydrogens (tertiary/aromatic N) is 1. The van der Waals surface area contributed by atoms with E-state index in [1.54, 1.807) is 7.11 Å². The Kier molecular flexibility index (Phi) is 5.59. The maximum Gasteiger partial charge on any atom is 0.118 e. The van der Waals surface area contributed by atoms with Gasteiger partial charge in [0.25, 0.3) is 0 Å². The van der Waals surface area contributed by atoms with Gasteiger partial charge >= 0.3 is 0 Å². The third-order valence-corrected chi connectivity index (χ3v) is 3.05. The minimum absolute atomic E-state index is 0.863. The van der Waals surface area contributed by atoms with Crippen molar-refractivity contribution < 1.29 is 4.74 Å². The predicted octanol–water partition coefficient (Wildman–Crippen LogP) is 4.59. The number of methoxy groups -OCH3 is 1. The van der Waals surface area contributed by atoms with Crippen LogP contribution in [-0.4, -0.2) is 12.8 Å². The number of nitrogens with one attached hydrogen (secondary N) is 1. The van der Waals surface area contributed by atoms with Crippen molar-refractivity contribution in [2.24, 2.45) is 5.10 Å².